The third kappa shape index (κ3) is 3.47. The second-order valence-electron chi connectivity index (χ2n) is 7.95. The maximum Gasteiger partial charge on any atom is 0.268 e. The van der Waals surface area contributed by atoms with Crippen molar-refractivity contribution >= 4 is 21.6 Å². The molecule has 0 fully saturated rings. The Hall–Kier alpha value is -3.23. The fourth-order valence-electron chi connectivity index (χ4n) is 4.33. The van der Waals surface area contributed by atoms with Crippen LogP contribution in [0.2, 0.25) is 0 Å². The maximum atomic E-state index is 13.4. The van der Waals surface area contributed by atoms with Crippen LogP contribution in [0.5, 0.6) is 5.75 Å². The SMILES string of the molecule is C[C@H]1Cc2ccc(S(N)(=O)=O)cc2N1C(=O)C1Cc2cc(-c3ccccn3)ccc2O1. The van der Waals surface area contributed by atoms with E-state index in [1.807, 2.05) is 43.3 Å². The van der Waals surface area contributed by atoms with Crippen molar-refractivity contribution in [3.05, 3.63) is 71.9 Å². The minimum Gasteiger partial charge on any atom is -0.480 e. The fraction of sp³-hybridized carbons (Fsp3) is 0.217. The fourth-order valence-corrected chi connectivity index (χ4v) is 4.87. The summed E-state index contributed by atoms with van der Waals surface area (Å²) in [5.41, 5.74) is 4.28. The molecule has 7 nitrogen and oxygen atoms in total. The van der Waals surface area contributed by atoms with Gasteiger partial charge in [0.15, 0.2) is 6.10 Å². The summed E-state index contributed by atoms with van der Waals surface area (Å²) in [7, 11) is -3.86. The summed E-state index contributed by atoms with van der Waals surface area (Å²) in [6.07, 6.45) is 2.17. The summed E-state index contributed by atoms with van der Waals surface area (Å²) < 4.78 is 29.6. The van der Waals surface area contributed by atoms with E-state index in [0.29, 0.717) is 24.3 Å². The van der Waals surface area contributed by atoms with E-state index in [1.165, 1.54) is 12.1 Å². The quantitative estimate of drug-likeness (QED) is 0.681. The molecular formula is C23H21N3O4S. The standard InChI is InChI=1S/C23H21N3O4S/c1-14-10-16-5-7-18(31(24,28)29)13-20(16)26(14)23(27)22-12-17-11-15(6-8-21(17)30-22)19-4-2-3-9-25-19/h2-9,11,13-14,22H,10,12H2,1H3,(H2,24,28,29)/t14-,22?/m0/s1. The van der Waals surface area contributed by atoms with Crippen molar-refractivity contribution in [1.29, 1.82) is 0 Å². The largest absolute Gasteiger partial charge is 0.480 e. The van der Waals surface area contributed by atoms with E-state index in [-0.39, 0.29) is 16.8 Å². The van der Waals surface area contributed by atoms with Gasteiger partial charge >= 0.3 is 0 Å². The van der Waals surface area contributed by atoms with Crippen LogP contribution in [0.15, 0.2) is 65.7 Å². The molecule has 2 atom stereocenters. The third-order valence-electron chi connectivity index (χ3n) is 5.81. The molecule has 0 saturated heterocycles. The van der Waals surface area contributed by atoms with E-state index in [0.717, 1.165) is 22.4 Å². The number of sulfonamides is 1. The molecule has 0 spiro atoms. The number of nitrogens with zero attached hydrogens (tertiary/aromatic N) is 2. The second-order valence-corrected chi connectivity index (χ2v) is 9.51. The van der Waals surface area contributed by atoms with Gasteiger partial charge in [0.25, 0.3) is 5.91 Å². The van der Waals surface area contributed by atoms with Crippen molar-refractivity contribution < 1.29 is 17.9 Å². The number of carbonyl (C=O) groups excluding carboxylic acids is 1. The van der Waals surface area contributed by atoms with E-state index >= 15 is 0 Å². The molecule has 2 aliphatic rings. The normalized spacial score (nSPS) is 19.6. The van der Waals surface area contributed by atoms with E-state index in [9.17, 15) is 13.2 Å². The number of fused-ring (bicyclic) bond motifs is 2. The summed E-state index contributed by atoms with van der Waals surface area (Å²) in [5.74, 6) is 0.497. The van der Waals surface area contributed by atoms with E-state index in [4.69, 9.17) is 9.88 Å². The third-order valence-corrected chi connectivity index (χ3v) is 6.72. The smallest absolute Gasteiger partial charge is 0.268 e. The van der Waals surface area contributed by atoms with Gasteiger partial charge in [0.1, 0.15) is 5.75 Å². The minimum absolute atomic E-state index is 0.00576. The topological polar surface area (TPSA) is 103 Å². The highest BCUT2D eigenvalue weighted by atomic mass is 32.2. The zero-order chi connectivity index (χ0) is 21.8. The first kappa shape index (κ1) is 19.7. The highest BCUT2D eigenvalue weighted by molar-refractivity contribution is 7.89. The summed E-state index contributed by atoms with van der Waals surface area (Å²) in [6, 6.07) is 16.1. The van der Waals surface area contributed by atoms with Gasteiger partial charge in [0.05, 0.1) is 10.6 Å². The zero-order valence-corrected chi connectivity index (χ0v) is 17.7. The predicted molar refractivity (Wildman–Crippen MR) is 116 cm³/mol. The van der Waals surface area contributed by atoms with Crippen LogP contribution in [-0.2, 0) is 27.7 Å². The second kappa shape index (κ2) is 7.18. The lowest BCUT2D eigenvalue weighted by Crippen LogP contribution is -2.44. The molecule has 8 heteroatoms. The molecule has 0 bridgehead atoms. The molecule has 0 aliphatic carbocycles. The number of amides is 1. The summed E-state index contributed by atoms with van der Waals surface area (Å²) in [5, 5.41) is 5.29. The molecule has 2 N–H and O–H groups in total. The van der Waals surface area contributed by atoms with Crippen LogP contribution in [0.3, 0.4) is 0 Å². The number of hydrogen-bond donors (Lipinski definition) is 1. The van der Waals surface area contributed by atoms with Gasteiger partial charge in [0.2, 0.25) is 10.0 Å². The van der Waals surface area contributed by atoms with Gasteiger partial charge in [-0.15, -0.1) is 0 Å². The number of aromatic nitrogens is 1. The number of benzene rings is 2. The molecule has 1 aromatic heterocycles. The van der Waals surface area contributed by atoms with Gasteiger partial charge in [0, 0.05) is 29.9 Å². The van der Waals surface area contributed by atoms with Crippen LogP contribution < -0.4 is 14.8 Å². The zero-order valence-electron chi connectivity index (χ0n) is 16.9. The molecule has 3 heterocycles. The lowest BCUT2D eigenvalue weighted by atomic mass is 10.0. The van der Waals surface area contributed by atoms with Crippen LogP contribution in [0, 0.1) is 0 Å². The molecular weight excluding hydrogens is 414 g/mol. The van der Waals surface area contributed by atoms with Gasteiger partial charge in [-0.25, -0.2) is 13.6 Å². The Morgan fingerprint density at radius 1 is 1.10 bits per heavy atom. The van der Waals surface area contributed by atoms with Gasteiger partial charge < -0.3 is 9.64 Å². The Labute approximate surface area is 180 Å². The first-order valence-corrected chi connectivity index (χ1v) is 11.6. The average Bonchev–Trinajstić information content (AvgIpc) is 3.32. The van der Waals surface area contributed by atoms with E-state index in [2.05, 4.69) is 4.98 Å². The van der Waals surface area contributed by atoms with Crippen LogP contribution in [-0.4, -0.2) is 31.5 Å². The van der Waals surface area contributed by atoms with Crippen LogP contribution in [0.4, 0.5) is 5.69 Å². The molecule has 3 aromatic rings. The molecule has 2 aliphatic heterocycles. The van der Waals surface area contributed by atoms with Gasteiger partial charge in [-0.1, -0.05) is 12.1 Å². The lowest BCUT2D eigenvalue weighted by molar-refractivity contribution is -0.124. The molecule has 1 amide bonds. The van der Waals surface area contributed by atoms with Crippen LogP contribution >= 0.6 is 0 Å². The Morgan fingerprint density at radius 3 is 2.68 bits per heavy atom. The molecule has 0 saturated carbocycles. The number of ether oxygens (including phenoxy) is 1. The van der Waals surface area contributed by atoms with Crippen LogP contribution in [0.25, 0.3) is 11.3 Å². The molecule has 158 valence electrons. The highest BCUT2D eigenvalue weighted by Crippen LogP contribution is 2.38. The van der Waals surface area contributed by atoms with Crippen molar-refractivity contribution in [2.24, 2.45) is 5.14 Å². The van der Waals surface area contributed by atoms with Gasteiger partial charge in [-0.2, -0.15) is 0 Å². The first-order chi connectivity index (χ1) is 14.8. The first-order valence-electron chi connectivity index (χ1n) is 10.0. The van der Waals surface area contributed by atoms with E-state index in [1.54, 1.807) is 17.2 Å². The Kier molecular flexibility index (Phi) is 4.56. The maximum absolute atomic E-state index is 13.4. The average molecular weight is 436 g/mol. The molecule has 1 unspecified atom stereocenters. The summed E-state index contributed by atoms with van der Waals surface area (Å²) in [4.78, 5) is 19.4. The van der Waals surface area contributed by atoms with Crippen molar-refractivity contribution in [1.82, 2.24) is 4.98 Å². The number of carbonyl (C=O) groups is 1. The van der Waals surface area contributed by atoms with Crippen molar-refractivity contribution in [2.45, 2.75) is 36.8 Å². The van der Waals surface area contributed by atoms with Crippen molar-refractivity contribution in [2.75, 3.05) is 4.90 Å². The summed E-state index contributed by atoms with van der Waals surface area (Å²) >= 11 is 0. The summed E-state index contributed by atoms with van der Waals surface area (Å²) in [6.45, 7) is 1.94. The van der Waals surface area contributed by atoms with Gasteiger partial charge in [-0.3, -0.25) is 9.78 Å². The molecule has 2 aromatic carbocycles. The molecule has 31 heavy (non-hydrogen) atoms. The number of pyridine rings is 1. The Morgan fingerprint density at radius 2 is 1.94 bits per heavy atom. The van der Waals surface area contributed by atoms with Crippen molar-refractivity contribution in [3.8, 4) is 17.0 Å². The molecule has 0 radical (unpaired) electrons. The number of rotatable bonds is 3. The monoisotopic (exact) mass is 435 g/mol. The lowest BCUT2D eigenvalue weighted by Gasteiger charge is -2.25. The van der Waals surface area contributed by atoms with Crippen LogP contribution in [0.1, 0.15) is 18.1 Å². The van der Waals surface area contributed by atoms with E-state index < -0.39 is 16.1 Å². The number of nitrogens with two attached hydrogens (primary N) is 1. The Bertz CT molecular complexity index is 1290. The predicted octanol–water partition coefficient (Wildman–Crippen LogP) is 2.68. The molecule has 5 rings (SSSR count). The van der Waals surface area contributed by atoms with Crippen molar-refractivity contribution in [3.63, 3.8) is 0 Å². The highest BCUT2D eigenvalue weighted by Gasteiger charge is 2.39. The number of hydrogen-bond acceptors (Lipinski definition) is 5. The number of anilines is 1. The number of primary sulfonamides is 1. The Balaban J connectivity index is 1.43. The van der Waals surface area contributed by atoms with Gasteiger partial charge in [-0.05, 0) is 66.9 Å². The minimum atomic E-state index is -3.86.